The summed E-state index contributed by atoms with van der Waals surface area (Å²) in [4.78, 5) is 10.7. The molecule has 0 N–H and O–H groups in total. The molecule has 0 spiro atoms. The lowest BCUT2D eigenvalue weighted by atomic mass is 10.0. The molecule has 0 saturated heterocycles. The Bertz CT molecular complexity index is 813. The van der Waals surface area contributed by atoms with Gasteiger partial charge < -0.3 is 4.74 Å². The van der Waals surface area contributed by atoms with Crippen molar-refractivity contribution in [2.75, 3.05) is 0 Å². The maximum atomic E-state index is 13.7. The Morgan fingerprint density at radius 3 is 2.39 bits per heavy atom. The fraction of sp³-hybridized carbons (Fsp3) is 0.0500. The first-order valence-electron chi connectivity index (χ1n) is 7.28. The first kappa shape index (κ1) is 15.0. The molecule has 0 heterocycles. The van der Waals surface area contributed by atoms with E-state index in [1.165, 1.54) is 12.1 Å². The maximum Gasteiger partial charge on any atom is 0.152 e. The van der Waals surface area contributed by atoms with Gasteiger partial charge in [0.05, 0.1) is 5.56 Å². The van der Waals surface area contributed by atoms with E-state index in [0.29, 0.717) is 24.2 Å². The Morgan fingerprint density at radius 1 is 0.870 bits per heavy atom. The summed E-state index contributed by atoms with van der Waals surface area (Å²) in [6.07, 6.45) is 0.512. The summed E-state index contributed by atoms with van der Waals surface area (Å²) in [6.45, 7) is 0.475. The van der Waals surface area contributed by atoms with Gasteiger partial charge in [-0.05, 0) is 41.0 Å². The summed E-state index contributed by atoms with van der Waals surface area (Å²) in [7, 11) is 0. The standard InChI is InChI=1S/C20H15FO2/c21-20-12-17(9-10-18(20)13-22)16-7-4-8-19(11-16)23-14-15-5-2-1-3-6-15/h1-13H,14H2. The summed E-state index contributed by atoms with van der Waals surface area (Å²) >= 11 is 0. The van der Waals surface area contributed by atoms with E-state index < -0.39 is 5.82 Å². The van der Waals surface area contributed by atoms with Crippen LogP contribution in [0.4, 0.5) is 4.39 Å². The van der Waals surface area contributed by atoms with Crippen molar-refractivity contribution in [2.24, 2.45) is 0 Å². The smallest absolute Gasteiger partial charge is 0.152 e. The van der Waals surface area contributed by atoms with Gasteiger partial charge in [0, 0.05) is 0 Å². The molecule has 0 unspecified atom stereocenters. The molecule has 114 valence electrons. The molecular weight excluding hydrogens is 291 g/mol. The lowest BCUT2D eigenvalue weighted by Crippen LogP contribution is -1.95. The van der Waals surface area contributed by atoms with Crippen molar-refractivity contribution in [1.82, 2.24) is 0 Å². The van der Waals surface area contributed by atoms with Gasteiger partial charge >= 0.3 is 0 Å². The van der Waals surface area contributed by atoms with Crippen LogP contribution in [0.5, 0.6) is 5.75 Å². The van der Waals surface area contributed by atoms with E-state index >= 15 is 0 Å². The normalized spacial score (nSPS) is 10.3. The third-order valence-electron chi connectivity index (χ3n) is 3.54. The predicted octanol–water partition coefficient (Wildman–Crippen LogP) is 4.88. The van der Waals surface area contributed by atoms with Crippen molar-refractivity contribution in [3.63, 3.8) is 0 Å². The van der Waals surface area contributed by atoms with E-state index in [9.17, 15) is 9.18 Å². The SMILES string of the molecule is O=Cc1ccc(-c2cccc(OCc3ccccc3)c2)cc1F. The molecule has 0 aromatic heterocycles. The van der Waals surface area contributed by atoms with Crippen molar-refractivity contribution in [2.45, 2.75) is 6.61 Å². The highest BCUT2D eigenvalue weighted by atomic mass is 19.1. The van der Waals surface area contributed by atoms with E-state index in [4.69, 9.17) is 4.74 Å². The van der Waals surface area contributed by atoms with Gasteiger partial charge in [-0.2, -0.15) is 0 Å². The maximum absolute atomic E-state index is 13.7. The monoisotopic (exact) mass is 306 g/mol. The van der Waals surface area contributed by atoms with Crippen LogP contribution in [-0.2, 0) is 6.61 Å². The quantitative estimate of drug-likeness (QED) is 0.628. The molecule has 3 aromatic rings. The number of ether oxygens (including phenoxy) is 1. The molecule has 0 radical (unpaired) electrons. The second-order valence-corrected chi connectivity index (χ2v) is 5.16. The van der Waals surface area contributed by atoms with Crippen molar-refractivity contribution in [3.05, 3.63) is 89.7 Å². The number of aldehydes is 1. The zero-order valence-electron chi connectivity index (χ0n) is 12.4. The van der Waals surface area contributed by atoms with E-state index in [2.05, 4.69) is 0 Å². The van der Waals surface area contributed by atoms with Gasteiger partial charge in [-0.15, -0.1) is 0 Å². The number of carbonyl (C=O) groups is 1. The van der Waals surface area contributed by atoms with Gasteiger partial charge in [0.1, 0.15) is 18.2 Å². The average Bonchev–Trinajstić information content (AvgIpc) is 2.61. The minimum atomic E-state index is -0.520. The van der Waals surface area contributed by atoms with Crippen LogP contribution in [0, 0.1) is 5.82 Å². The van der Waals surface area contributed by atoms with Crippen molar-refractivity contribution < 1.29 is 13.9 Å². The van der Waals surface area contributed by atoms with Crippen LogP contribution in [-0.4, -0.2) is 6.29 Å². The zero-order valence-corrected chi connectivity index (χ0v) is 12.4. The molecule has 0 bridgehead atoms. The van der Waals surface area contributed by atoms with E-state index in [1.807, 2.05) is 54.6 Å². The topological polar surface area (TPSA) is 26.3 Å². The van der Waals surface area contributed by atoms with Crippen LogP contribution in [0.1, 0.15) is 15.9 Å². The molecule has 0 aliphatic rings. The number of hydrogen-bond acceptors (Lipinski definition) is 2. The Labute approximate surface area is 134 Å². The summed E-state index contributed by atoms with van der Waals surface area (Å²) in [5.41, 5.74) is 2.69. The number of rotatable bonds is 5. The molecule has 3 heteroatoms. The van der Waals surface area contributed by atoms with E-state index in [0.717, 1.165) is 11.1 Å². The predicted molar refractivity (Wildman–Crippen MR) is 88.0 cm³/mol. The Balaban J connectivity index is 1.79. The number of hydrogen-bond donors (Lipinski definition) is 0. The molecule has 0 atom stereocenters. The Kier molecular flexibility index (Phi) is 4.48. The molecule has 3 rings (SSSR count). The fourth-order valence-electron chi connectivity index (χ4n) is 2.31. The molecule has 2 nitrogen and oxygen atoms in total. The van der Waals surface area contributed by atoms with Gasteiger partial charge in [0.15, 0.2) is 6.29 Å². The van der Waals surface area contributed by atoms with Crippen LogP contribution >= 0.6 is 0 Å². The highest BCUT2D eigenvalue weighted by molar-refractivity contribution is 5.77. The fourth-order valence-corrected chi connectivity index (χ4v) is 2.31. The third-order valence-corrected chi connectivity index (χ3v) is 3.54. The minimum Gasteiger partial charge on any atom is -0.489 e. The van der Waals surface area contributed by atoms with Gasteiger partial charge in [0.25, 0.3) is 0 Å². The molecule has 0 amide bonds. The second-order valence-electron chi connectivity index (χ2n) is 5.16. The molecule has 0 aliphatic heterocycles. The lowest BCUT2D eigenvalue weighted by molar-refractivity contribution is 0.112. The van der Waals surface area contributed by atoms with Gasteiger partial charge in [-0.3, -0.25) is 4.79 Å². The largest absolute Gasteiger partial charge is 0.489 e. The van der Waals surface area contributed by atoms with Crippen molar-refractivity contribution in [3.8, 4) is 16.9 Å². The number of benzene rings is 3. The van der Waals surface area contributed by atoms with Crippen molar-refractivity contribution in [1.29, 1.82) is 0 Å². The Morgan fingerprint density at radius 2 is 1.65 bits per heavy atom. The third kappa shape index (κ3) is 3.64. The zero-order chi connectivity index (χ0) is 16.1. The van der Waals surface area contributed by atoms with Crippen molar-refractivity contribution >= 4 is 6.29 Å². The highest BCUT2D eigenvalue weighted by Crippen LogP contribution is 2.25. The number of halogens is 1. The Hall–Kier alpha value is -2.94. The summed E-state index contributed by atoms with van der Waals surface area (Å²) < 4.78 is 19.5. The van der Waals surface area contributed by atoms with Crippen LogP contribution in [0.2, 0.25) is 0 Å². The first-order chi connectivity index (χ1) is 11.3. The molecule has 23 heavy (non-hydrogen) atoms. The molecule has 3 aromatic carbocycles. The molecule has 0 aliphatic carbocycles. The average molecular weight is 306 g/mol. The molecule has 0 saturated carbocycles. The van der Waals surface area contributed by atoms with E-state index in [-0.39, 0.29) is 5.56 Å². The lowest BCUT2D eigenvalue weighted by Gasteiger charge is -2.09. The van der Waals surface area contributed by atoms with Crippen LogP contribution < -0.4 is 4.74 Å². The molecule has 0 fully saturated rings. The first-order valence-corrected chi connectivity index (χ1v) is 7.28. The van der Waals surface area contributed by atoms with E-state index in [1.54, 1.807) is 6.07 Å². The molecular formula is C20H15FO2. The van der Waals surface area contributed by atoms with Gasteiger partial charge in [-0.25, -0.2) is 4.39 Å². The van der Waals surface area contributed by atoms with Crippen LogP contribution in [0.15, 0.2) is 72.8 Å². The summed E-state index contributed by atoms with van der Waals surface area (Å²) in [6, 6.07) is 21.9. The summed E-state index contributed by atoms with van der Waals surface area (Å²) in [5.74, 6) is 0.194. The van der Waals surface area contributed by atoms with Crippen LogP contribution in [0.3, 0.4) is 0 Å². The second kappa shape index (κ2) is 6.88. The number of carbonyl (C=O) groups excluding carboxylic acids is 1. The van der Waals surface area contributed by atoms with Gasteiger partial charge in [0.2, 0.25) is 0 Å². The summed E-state index contributed by atoms with van der Waals surface area (Å²) in [5, 5.41) is 0. The van der Waals surface area contributed by atoms with Gasteiger partial charge in [-0.1, -0.05) is 48.5 Å². The van der Waals surface area contributed by atoms with Crippen LogP contribution in [0.25, 0.3) is 11.1 Å². The highest BCUT2D eigenvalue weighted by Gasteiger charge is 2.05. The minimum absolute atomic E-state index is 0.0604.